The Morgan fingerprint density at radius 3 is 1.50 bits per heavy atom. The van der Waals surface area contributed by atoms with Gasteiger partial charge in [0.2, 0.25) is 0 Å². The van der Waals surface area contributed by atoms with E-state index in [9.17, 15) is 0 Å². The van der Waals surface area contributed by atoms with Crippen LogP contribution in [0.3, 0.4) is 0 Å². The molecule has 0 aromatic heterocycles. The molecule has 4 heteroatoms. The Labute approximate surface area is 199 Å². The summed E-state index contributed by atoms with van der Waals surface area (Å²) in [5, 5.41) is 0. The number of rotatable bonds is 6. The number of hydrogen-bond acceptors (Lipinski definition) is 3. The van der Waals surface area contributed by atoms with Gasteiger partial charge in [0, 0.05) is 4.11 Å². The Hall–Kier alpha value is -2.40. The molecule has 3 rings (SSSR count). The predicted molar refractivity (Wildman–Crippen MR) is 127 cm³/mol. The first-order chi connectivity index (χ1) is 17.7. The van der Waals surface area contributed by atoms with Crippen molar-refractivity contribution < 1.29 is 25.6 Å². The van der Waals surface area contributed by atoms with Crippen molar-refractivity contribution in [2.75, 3.05) is 0 Å². The first kappa shape index (κ1) is 13.1. The third-order valence-corrected chi connectivity index (χ3v) is 6.77. The zero-order valence-corrected chi connectivity index (χ0v) is 20.6. The summed E-state index contributed by atoms with van der Waals surface area (Å²) in [5.41, 5.74) is 0.725. The molecule has 0 aliphatic carbocycles. The number of benzene rings is 3. The van der Waals surface area contributed by atoms with Crippen molar-refractivity contribution in [1.29, 1.82) is 0 Å². The molecule has 0 unspecified atom stereocenters. The Kier molecular flexibility index (Phi) is 4.01. The van der Waals surface area contributed by atoms with Gasteiger partial charge in [-0.05, 0) is 13.8 Å². The fourth-order valence-electron chi connectivity index (χ4n) is 2.78. The molecule has 158 valence electrons. The van der Waals surface area contributed by atoms with E-state index >= 15 is 0 Å². The van der Waals surface area contributed by atoms with Gasteiger partial charge in [0.05, 0.1) is 0 Å². The van der Waals surface area contributed by atoms with Crippen LogP contribution in [0.1, 0.15) is 55.4 Å². The van der Waals surface area contributed by atoms with Gasteiger partial charge in [-0.2, -0.15) is 0 Å². The van der Waals surface area contributed by atoms with Gasteiger partial charge in [0.25, 0.3) is 0 Å². The maximum absolute atomic E-state index is 7.90. The fourth-order valence-corrected chi connectivity index (χ4v) is 4.39. The van der Waals surface area contributed by atoms with Crippen LogP contribution in [-0.4, -0.2) is 15.8 Å². The van der Waals surface area contributed by atoms with Crippen molar-refractivity contribution in [3.8, 4) is 28.7 Å². The molecule has 0 radical (unpaired) electrons. The first-order valence-electron chi connectivity index (χ1n) is 14.1. The van der Waals surface area contributed by atoms with Crippen LogP contribution >= 0.6 is 0 Å². The van der Waals surface area contributed by atoms with Gasteiger partial charge in [-0.15, -0.1) is 0 Å². The van der Waals surface area contributed by atoms with Crippen LogP contribution in [0.4, 0.5) is 0 Å². The van der Waals surface area contributed by atoms with E-state index in [1.807, 2.05) is 0 Å². The second-order valence-electron chi connectivity index (χ2n) is 8.47. The van der Waals surface area contributed by atoms with E-state index < -0.39 is 36.3 Å². The van der Waals surface area contributed by atoms with Crippen molar-refractivity contribution in [3.05, 3.63) is 76.9 Å². The standard InChI is InChI=1S/C26H32GeO3/c1-17-8-18(2)10-21(9-17)28-22-11-19(3)12-23(15-22)29-24-13-20(4)14-25(16-24)30-27-26(5,6)7/h8-16H,27H2,1-7H3/i1D3,3D3,4D3. The minimum atomic E-state index is -2.50. The van der Waals surface area contributed by atoms with E-state index in [-0.39, 0.29) is 43.9 Å². The number of hydrogen-bond donors (Lipinski definition) is 0. The van der Waals surface area contributed by atoms with E-state index in [4.69, 9.17) is 25.6 Å². The van der Waals surface area contributed by atoms with E-state index in [2.05, 4.69) is 20.8 Å². The quantitative estimate of drug-likeness (QED) is 0.354. The van der Waals surface area contributed by atoms with Crippen LogP contribution in [-0.2, 0) is 0 Å². The molecule has 0 spiro atoms. The Morgan fingerprint density at radius 2 is 1.00 bits per heavy atom. The number of aryl methyl sites for hydroxylation is 4. The fraction of sp³-hybridized carbons (Fsp3) is 0.308. The molecule has 3 aromatic rings. The van der Waals surface area contributed by atoms with Crippen molar-refractivity contribution >= 4 is 15.8 Å². The van der Waals surface area contributed by atoms with Crippen LogP contribution in [0.2, 0.25) is 4.25 Å². The van der Waals surface area contributed by atoms with Gasteiger partial charge in [0.15, 0.2) is 0 Å². The molecule has 0 aliphatic rings. The summed E-state index contributed by atoms with van der Waals surface area (Å²) in [4.78, 5) is 0. The van der Waals surface area contributed by atoms with Crippen molar-refractivity contribution in [2.45, 2.75) is 52.5 Å². The van der Waals surface area contributed by atoms with Crippen molar-refractivity contribution in [3.63, 3.8) is 0 Å². The molecule has 0 N–H and O–H groups in total. The number of ether oxygens (including phenoxy) is 2. The summed E-state index contributed by atoms with van der Waals surface area (Å²) in [5.74, 6) is 1.00. The average Bonchev–Trinajstić information content (AvgIpc) is 2.75. The zero-order chi connectivity index (χ0) is 29.4. The van der Waals surface area contributed by atoms with Crippen LogP contribution in [0, 0.1) is 27.5 Å². The molecule has 0 aliphatic heterocycles. The molecule has 0 heterocycles. The van der Waals surface area contributed by atoms with Gasteiger partial charge in [0.1, 0.15) is 0 Å². The molecule has 0 atom stereocenters. The first-order valence-corrected chi connectivity index (χ1v) is 12.3. The second kappa shape index (κ2) is 9.17. The summed E-state index contributed by atoms with van der Waals surface area (Å²) in [6.07, 6.45) is 0. The summed E-state index contributed by atoms with van der Waals surface area (Å²) in [6.45, 7) is 0.676. The topological polar surface area (TPSA) is 27.7 Å². The predicted octanol–water partition coefficient (Wildman–Crippen LogP) is 7.19. The molecule has 30 heavy (non-hydrogen) atoms. The molecule has 0 saturated heterocycles. The van der Waals surface area contributed by atoms with Crippen LogP contribution in [0.15, 0.2) is 54.6 Å². The normalized spacial score (nSPS) is 17.4. The average molecular weight is 474 g/mol. The third kappa shape index (κ3) is 6.84. The Balaban J connectivity index is 2.03. The van der Waals surface area contributed by atoms with E-state index in [1.54, 1.807) is 19.1 Å². The zero-order valence-electron chi connectivity index (χ0n) is 26.6. The Bertz CT molecular complexity index is 1320. The molecule has 0 amide bonds. The Morgan fingerprint density at radius 1 is 0.600 bits per heavy atom. The molecule has 0 fully saturated rings. The third-order valence-electron chi connectivity index (χ3n) is 3.95. The van der Waals surface area contributed by atoms with Crippen LogP contribution in [0.5, 0.6) is 28.7 Å². The summed E-state index contributed by atoms with van der Waals surface area (Å²) < 4.78 is 88.3. The molecular weight excluding hydrogens is 433 g/mol. The van der Waals surface area contributed by atoms with Gasteiger partial charge >= 0.3 is 175 Å². The monoisotopic (exact) mass is 475 g/mol. The molecular formula is C26H32GeO3. The van der Waals surface area contributed by atoms with Crippen molar-refractivity contribution in [1.82, 2.24) is 0 Å². The molecule has 3 aromatic carbocycles. The van der Waals surface area contributed by atoms with Gasteiger partial charge in [-0.3, -0.25) is 0 Å². The van der Waals surface area contributed by atoms with Crippen LogP contribution in [0.25, 0.3) is 0 Å². The van der Waals surface area contributed by atoms with Crippen LogP contribution < -0.4 is 13.2 Å². The molecule has 0 saturated carbocycles. The summed E-state index contributed by atoms with van der Waals surface area (Å²) >= 11 is -1.53. The maximum atomic E-state index is 7.90. The molecule has 0 bridgehead atoms. The van der Waals surface area contributed by atoms with E-state index in [1.165, 1.54) is 42.5 Å². The summed E-state index contributed by atoms with van der Waals surface area (Å²) in [7, 11) is 0. The van der Waals surface area contributed by atoms with Gasteiger partial charge < -0.3 is 0 Å². The summed E-state index contributed by atoms with van der Waals surface area (Å²) in [6, 6.07) is 13.1. The second-order valence-corrected chi connectivity index (χ2v) is 14.1. The van der Waals surface area contributed by atoms with Gasteiger partial charge in [-0.25, -0.2) is 0 Å². The molecule has 3 nitrogen and oxygen atoms in total. The van der Waals surface area contributed by atoms with Crippen molar-refractivity contribution in [2.24, 2.45) is 0 Å². The van der Waals surface area contributed by atoms with Gasteiger partial charge in [-0.1, -0.05) is 6.07 Å². The minimum absolute atomic E-state index is 0.0134. The van der Waals surface area contributed by atoms with E-state index in [0.717, 1.165) is 0 Å². The van der Waals surface area contributed by atoms with E-state index in [0.29, 0.717) is 11.3 Å². The SMILES string of the molecule is [2H]C([2H])([2H])c1cc(C)cc(Oc2cc(Oc3cc([O][GeH2][C](C)(C)C)cc(C([2H])([2H])[2H])c3)cc(C([2H])([2H])[2H])c2)c1.